The average Bonchev–Trinajstić information content (AvgIpc) is 3.10. The SMILES string of the molecule is CCOc1ccc(C(O)=C2C(=O)C(=O)N(Cc3ccccc3)C2c2ccc(C(C)C)cc2)cc1. The van der Waals surface area contributed by atoms with E-state index in [1.165, 1.54) is 0 Å². The summed E-state index contributed by atoms with van der Waals surface area (Å²) in [5.41, 5.74) is 3.42. The van der Waals surface area contributed by atoms with Crippen molar-refractivity contribution in [3.8, 4) is 5.75 Å². The van der Waals surface area contributed by atoms with Gasteiger partial charge in [0, 0.05) is 12.1 Å². The molecule has 1 unspecified atom stereocenters. The number of Topliss-reactive ketones (excluding diaryl/α,β-unsaturated/α-hetero) is 1. The Morgan fingerprint density at radius 1 is 0.941 bits per heavy atom. The topological polar surface area (TPSA) is 66.8 Å². The van der Waals surface area contributed by atoms with Crippen molar-refractivity contribution >= 4 is 17.4 Å². The van der Waals surface area contributed by atoms with Crippen LogP contribution in [0.15, 0.2) is 84.4 Å². The van der Waals surface area contributed by atoms with Gasteiger partial charge in [-0.15, -0.1) is 0 Å². The molecule has 5 nitrogen and oxygen atoms in total. The van der Waals surface area contributed by atoms with Crippen LogP contribution in [0.2, 0.25) is 0 Å². The van der Waals surface area contributed by atoms with Gasteiger partial charge in [-0.05, 0) is 53.8 Å². The van der Waals surface area contributed by atoms with Crippen molar-refractivity contribution in [2.24, 2.45) is 0 Å². The Bertz CT molecular complexity index is 1200. The molecule has 174 valence electrons. The molecular weight excluding hydrogens is 426 g/mol. The summed E-state index contributed by atoms with van der Waals surface area (Å²) >= 11 is 0. The Hall–Kier alpha value is -3.86. The molecule has 1 heterocycles. The van der Waals surface area contributed by atoms with Crippen LogP contribution in [0.5, 0.6) is 5.75 Å². The molecular formula is C29H29NO4. The van der Waals surface area contributed by atoms with Crippen LogP contribution < -0.4 is 4.74 Å². The zero-order chi connectivity index (χ0) is 24.2. The lowest BCUT2D eigenvalue weighted by molar-refractivity contribution is -0.140. The molecule has 1 atom stereocenters. The number of carbonyl (C=O) groups is 2. The molecule has 0 bridgehead atoms. The Labute approximate surface area is 200 Å². The molecule has 0 aliphatic carbocycles. The summed E-state index contributed by atoms with van der Waals surface area (Å²) in [5, 5.41) is 11.2. The Kier molecular flexibility index (Phi) is 6.82. The van der Waals surface area contributed by atoms with E-state index in [1.807, 2.05) is 61.5 Å². The zero-order valence-electron chi connectivity index (χ0n) is 19.7. The van der Waals surface area contributed by atoms with E-state index in [0.717, 1.165) is 16.7 Å². The van der Waals surface area contributed by atoms with Crippen LogP contribution in [0.4, 0.5) is 0 Å². The molecule has 34 heavy (non-hydrogen) atoms. The van der Waals surface area contributed by atoms with Gasteiger partial charge in [0.15, 0.2) is 0 Å². The summed E-state index contributed by atoms with van der Waals surface area (Å²) in [5.74, 6) is -0.456. The highest BCUT2D eigenvalue weighted by atomic mass is 16.5. The predicted molar refractivity (Wildman–Crippen MR) is 132 cm³/mol. The number of benzene rings is 3. The lowest BCUT2D eigenvalue weighted by Gasteiger charge is -2.26. The van der Waals surface area contributed by atoms with E-state index in [0.29, 0.717) is 23.8 Å². The van der Waals surface area contributed by atoms with Gasteiger partial charge in [0.05, 0.1) is 18.2 Å². The van der Waals surface area contributed by atoms with Gasteiger partial charge in [-0.3, -0.25) is 9.59 Å². The van der Waals surface area contributed by atoms with Gasteiger partial charge in [0.2, 0.25) is 0 Å². The summed E-state index contributed by atoms with van der Waals surface area (Å²) in [6.07, 6.45) is 0. The smallest absolute Gasteiger partial charge is 0.295 e. The first-order valence-electron chi connectivity index (χ1n) is 11.6. The minimum absolute atomic E-state index is 0.0994. The highest BCUT2D eigenvalue weighted by Gasteiger charge is 2.46. The van der Waals surface area contributed by atoms with Gasteiger partial charge in [-0.25, -0.2) is 0 Å². The van der Waals surface area contributed by atoms with Crippen molar-refractivity contribution in [2.45, 2.75) is 39.3 Å². The third kappa shape index (κ3) is 4.60. The second-order valence-electron chi connectivity index (χ2n) is 8.69. The number of carbonyl (C=O) groups excluding carboxylic acids is 2. The second kappa shape index (κ2) is 9.96. The van der Waals surface area contributed by atoms with Crippen LogP contribution in [0, 0.1) is 0 Å². The van der Waals surface area contributed by atoms with Crippen molar-refractivity contribution in [3.63, 3.8) is 0 Å². The van der Waals surface area contributed by atoms with Crippen LogP contribution >= 0.6 is 0 Å². The molecule has 0 radical (unpaired) electrons. The number of nitrogens with zero attached hydrogens (tertiary/aromatic N) is 1. The fourth-order valence-corrected chi connectivity index (χ4v) is 4.26. The Balaban J connectivity index is 1.81. The zero-order valence-corrected chi connectivity index (χ0v) is 19.7. The normalized spacial score (nSPS) is 17.4. The van der Waals surface area contributed by atoms with Gasteiger partial charge < -0.3 is 14.7 Å². The molecule has 1 N–H and O–H groups in total. The summed E-state index contributed by atoms with van der Waals surface area (Å²) < 4.78 is 5.48. The molecule has 0 saturated carbocycles. The molecule has 4 rings (SSSR count). The monoisotopic (exact) mass is 455 g/mol. The maximum Gasteiger partial charge on any atom is 0.295 e. The van der Waals surface area contributed by atoms with Gasteiger partial charge >= 0.3 is 0 Å². The van der Waals surface area contributed by atoms with Crippen LogP contribution in [0.1, 0.15) is 55.0 Å². The number of hydrogen-bond acceptors (Lipinski definition) is 4. The quantitative estimate of drug-likeness (QED) is 0.276. The molecule has 3 aromatic rings. The van der Waals surface area contributed by atoms with E-state index in [9.17, 15) is 14.7 Å². The van der Waals surface area contributed by atoms with Gasteiger partial charge in [0.1, 0.15) is 11.5 Å². The lowest BCUT2D eigenvalue weighted by Crippen LogP contribution is -2.29. The van der Waals surface area contributed by atoms with Crippen molar-refractivity contribution in [2.75, 3.05) is 6.61 Å². The predicted octanol–water partition coefficient (Wildman–Crippen LogP) is 5.83. The van der Waals surface area contributed by atoms with Crippen molar-refractivity contribution < 1.29 is 19.4 Å². The lowest BCUT2D eigenvalue weighted by atomic mass is 9.93. The van der Waals surface area contributed by atoms with Crippen molar-refractivity contribution in [3.05, 3.63) is 107 Å². The Morgan fingerprint density at radius 3 is 2.18 bits per heavy atom. The fraction of sp³-hybridized carbons (Fsp3) is 0.241. The van der Waals surface area contributed by atoms with Crippen LogP contribution in [0.25, 0.3) is 5.76 Å². The molecule has 0 spiro atoms. The van der Waals surface area contributed by atoms with Crippen LogP contribution in [-0.2, 0) is 16.1 Å². The summed E-state index contributed by atoms with van der Waals surface area (Å²) in [6, 6.07) is 23.7. The minimum Gasteiger partial charge on any atom is -0.507 e. The second-order valence-corrected chi connectivity index (χ2v) is 8.69. The first-order chi connectivity index (χ1) is 16.4. The summed E-state index contributed by atoms with van der Waals surface area (Å²) in [7, 11) is 0. The summed E-state index contributed by atoms with van der Waals surface area (Å²) in [4.78, 5) is 27.9. The van der Waals surface area contributed by atoms with Gasteiger partial charge in [0.25, 0.3) is 11.7 Å². The first-order valence-corrected chi connectivity index (χ1v) is 11.6. The number of likely N-dealkylation sites (tertiary alicyclic amines) is 1. The molecule has 1 aliphatic rings. The number of ether oxygens (including phenoxy) is 1. The van der Waals surface area contributed by atoms with E-state index >= 15 is 0 Å². The number of amides is 1. The van der Waals surface area contributed by atoms with E-state index in [1.54, 1.807) is 29.2 Å². The van der Waals surface area contributed by atoms with Crippen molar-refractivity contribution in [1.82, 2.24) is 4.90 Å². The largest absolute Gasteiger partial charge is 0.507 e. The minimum atomic E-state index is -0.687. The van der Waals surface area contributed by atoms with E-state index in [4.69, 9.17) is 4.74 Å². The molecule has 1 fully saturated rings. The first kappa shape index (κ1) is 23.3. The fourth-order valence-electron chi connectivity index (χ4n) is 4.26. The number of aliphatic hydroxyl groups excluding tert-OH is 1. The third-order valence-corrected chi connectivity index (χ3v) is 6.09. The number of rotatable bonds is 7. The van der Waals surface area contributed by atoms with E-state index < -0.39 is 17.7 Å². The molecule has 1 amide bonds. The average molecular weight is 456 g/mol. The molecule has 3 aromatic carbocycles. The number of ketones is 1. The van der Waals surface area contributed by atoms with E-state index in [-0.39, 0.29) is 17.9 Å². The highest BCUT2D eigenvalue weighted by Crippen LogP contribution is 2.40. The molecule has 1 aliphatic heterocycles. The number of hydrogen-bond donors (Lipinski definition) is 1. The standard InChI is InChI=1S/C29H29NO4/c1-4-34-24-16-14-23(15-17-24)27(31)25-26(22-12-10-21(11-13-22)19(2)3)30(29(33)28(25)32)18-20-8-6-5-7-9-20/h5-17,19,26,31H,4,18H2,1-3H3. The van der Waals surface area contributed by atoms with Crippen LogP contribution in [0.3, 0.4) is 0 Å². The van der Waals surface area contributed by atoms with Gasteiger partial charge in [-0.2, -0.15) is 0 Å². The molecule has 5 heteroatoms. The maximum atomic E-state index is 13.2. The Morgan fingerprint density at radius 2 is 1.59 bits per heavy atom. The highest BCUT2D eigenvalue weighted by molar-refractivity contribution is 6.46. The van der Waals surface area contributed by atoms with Gasteiger partial charge in [-0.1, -0.05) is 68.4 Å². The van der Waals surface area contributed by atoms with Crippen molar-refractivity contribution in [1.29, 1.82) is 0 Å². The number of aliphatic hydroxyl groups is 1. The third-order valence-electron chi connectivity index (χ3n) is 6.09. The van der Waals surface area contributed by atoms with Crippen LogP contribution in [-0.4, -0.2) is 28.3 Å². The summed E-state index contributed by atoms with van der Waals surface area (Å²) in [6.45, 7) is 6.92. The molecule has 0 aromatic heterocycles. The molecule has 1 saturated heterocycles. The van der Waals surface area contributed by atoms with E-state index in [2.05, 4.69) is 13.8 Å². The maximum absolute atomic E-state index is 13.2.